The van der Waals surface area contributed by atoms with E-state index in [0.29, 0.717) is 30.0 Å². The molecule has 3 aliphatic rings. The Labute approximate surface area is 181 Å². The maximum absolute atomic E-state index is 14.1. The van der Waals surface area contributed by atoms with Crippen LogP contribution in [0.4, 0.5) is 9.52 Å². The summed E-state index contributed by atoms with van der Waals surface area (Å²) in [7, 11) is 0. The number of carbonyl (C=O) groups excluding carboxylic acids is 2. The Morgan fingerprint density at radius 1 is 1.30 bits per heavy atom. The van der Waals surface area contributed by atoms with Gasteiger partial charge in [0.25, 0.3) is 5.91 Å². The van der Waals surface area contributed by atoms with Crippen LogP contribution in [0.25, 0.3) is 0 Å². The number of aryl methyl sites for hydroxylation is 1. The van der Waals surface area contributed by atoms with Crippen molar-refractivity contribution in [2.24, 2.45) is 5.92 Å². The first-order valence-corrected chi connectivity index (χ1v) is 11.2. The van der Waals surface area contributed by atoms with E-state index in [1.54, 1.807) is 12.1 Å². The van der Waals surface area contributed by atoms with Crippen LogP contribution >= 0.6 is 22.9 Å². The van der Waals surface area contributed by atoms with Crippen LogP contribution in [0.5, 0.6) is 0 Å². The molecular weight excluding hydrogens is 429 g/mol. The van der Waals surface area contributed by atoms with E-state index in [0.717, 1.165) is 11.4 Å². The summed E-state index contributed by atoms with van der Waals surface area (Å²) in [6.07, 6.45) is 2.18. The average Bonchev–Trinajstić information content (AvgIpc) is 3.31. The molecule has 0 bridgehead atoms. The summed E-state index contributed by atoms with van der Waals surface area (Å²) in [5.74, 6) is -1.36. The Bertz CT molecular complexity index is 1070. The monoisotopic (exact) mass is 447 g/mol. The van der Waals surface area contributed by atoms with Crippen LogP contribution in [0.15, 0.2) is 35.6 Å². The molecule has 0 radical (unpaired) electrons. The topological polar surface area (TPSA) is 72.4 Å². The second-order valence-electron chi connectivity index (χ2n) is 7.74. The zero-order chi connectivity index (χ0) is 21.0. The van der Waals surface area contributed by atoms with Crippen LogP contribution in [0, 0.1) is 11.7 Å². The molecule has 2 aliphatic heterocycles. The van der Waals surface area contributed by atoms with Crippen molar-refractivity contribution in [1.29, 1.82) is 0 Å². The summed E-state index contributed by atoms with van der Waals surface area (Å²) in [4.78, 5) is 28.4. The number of ether oxygens (including phenoxy) is 1. The van der Waals surface area contributed by atoms with Crippen LogP contribution < -0.4 is 4.90 Å². The van der Waals surface area contributed by atoms with Gasteiger partial charge in [-0.1, -0.05) is 30.4 Å². The Hall–Kier alpha value is -2.32. The van der Waals surface area contributed by atoms with Crippen molar-refractivity contribution in [3.63, 3.8) is 0 Å². The summed E-state index contributed by atoms with van der Waals surface area (Å²) in [5, 5.41) is 9.33. The number of amides is 1. The maximum Gasteiger partial charge on any atom is 0.296 e. The van der Waals surface area contributed by atoms with Crippen LogP contribution in [-0.4, -0.2) is 33.4 Å². The molecule has 0 spiro atoms. The van der Waals surface area contributed by atoms with E-state index in [4.69, 9.17) is 16.3 Å². The molecule has 30 heavy (non-hydrogen) atoms. The van der Waals surface area contributed by atoms with Crippen LogP contribution in [-0.2, 0) is 20.7 Å². The quantitative estimate of drug-likeness (QED) is 0.666. The van der Waals surface area contributed by atoms with E-state index in [-0.39, 0.29) is 28.6 Å². The van der Waals surface area contributed by atoms with E-state index in [9.17, 15) is 14.0 Å². The van der Waals surface area contributed by atoms with Gasteiger partial charge in [-0.05, 0) is 43.4 Å². The number of hydrogen-bond donors (Lipinski definition) is 0. The number of benzene rings is 1. The number of rotatable bonds is 3. The second kappa shape index (κ2) is 7.42. The molecule has 5 rings (SSSR count). The lowest BCUT2D eigenvalue weighted by Crippen LogP contribution is -2.41. The van der Waals surface area contributed by atoms with Crippen molar-refractivity contribution >= 4 is 39.8 Å². The molecule has 1 aliphatic carbocycles. The third kappa shape index (κ3) is 3.04. The first-order chi connectivity index (χ1) is 14.5. The average molecular weight is 448 g/mol. The van der Waals surface area contributed by atoms with E-state index < -0.39 is 23.7 Å². The lowest BCUT2D eigenvalue weighted by Gasteiger charge is -2.37. The third-order valence-electron chi connectivity index (χ3n) is 5.91. The summed E-state index contributed by atoms with van der Waals surface area (Å²) in [6.45, 7) is 1.95. The molecule has 3 heterocycles. The summed E-state index contributed by atoms with van der Waals surface area (Å²) in [6, 6.07) is 5.14. The highest BCUT2D eigenvalue weighted by molar-refractivity contribution is 7.15. The van der Waals surface area contributed by atoms with E-state index in [2.05, 4.69) is 10.2 Å². The second-order valence-corrected chi connectivity index (χ2v) is 9.40. The lowest BCUT2D eigenvalue weighted by atomic mass is 9.77. The minimum atomic E-state index is -0.801. The zero-order valence-corrected chi connectivity index (χ0v) is 17.8. The smallest absolute Gasteiger partial charge is 0.296 e. The molecule has 2 aromatic rings. The van der Waals surface area contributed by atoms with Crippen molar-refractivity contribution in [3.05, 3.63) is 52.0 Å². The summed E-state index contributed by atoms with van der Waals surface area (Å²) >= 11 is 7.61. The van der Waals surface area contributed by atoms with Crippen molar-refractivity contribution in [3.8, 4) is 0 Å². The molecular formula is C21H19ClFN3O3S. The fraction of sp³-hybridized carbons (Fsp3) is 0.429. The number of halogens is 2. The van der Waals surface area contributed by atoms with Crippen molar-refractivity contribution < 1.29 is 18.7 Å². The van der Waals surface area contributed by atoms with Crippen LogP contribution in [0.2, 0.25) is 0 Å². The van der Waals surface area contributed by atoms with Crippen molar-refractivity contribution in [1.82, 2.24) is 10.2 Å². The predicted molar refractivity (Wildman–Crippen MR) is 110 cm³/mol. The minimum absolute atomic E-state index is 0.0526. The van der Waals surface area contributed by atoms with Gasteiger partial charge in [-0.3, -0.25) is 14.5 Å². The first kappa shape index (κ1) is 19.6. The maximum atomic E-state index is 14.1. The summed E-state index contributed by atoms with van der Waals surface area (Å²) < 4.78 is 20.2. The van der Waals surface area contributed by atoms with Gasteiger partial charge in [-0.25, -0.2) is 4.39 Å². The standard InChI is InChI=1S/C21H19ClFN3O3S/c1-2-15-24-25-21(30-15)26-17(10-4-3-5-12(23)8-10)16-18(27)13-9-11(22)6-7-14(13)29-19(16)20(26)28/h3-5,8,11,13-14,17H,2,6-7,9H2,1H3. The number of fused-ring (bicyclic) bond motifs is 1. The van der Waals surface area contributed by atoms with Gasteiger partial charge in [0, 0.05) is 5.38 Å². The van der Waals surface area contributed by atoms with Gasteiger partial charge >= 0.3 is 0 Å². The predicted octanol–water partition coefficient (Wildman–Crippen LogP) is 3.96. The number of carbonyl (C=O) groups is 2. The number of alkyl halides is 1. The Balaban J connectivity index is 1.64. The zero-order valence-electron chi connectivity index (χ0n) is 16.2. The van der Waals surface area contributed by atoms with Gasteiger partial charge in [0.15, 0.2) is 11.5 Å². The number of Topliss-reactive ketones (excluding diaryl/α,β-unsaturated/α-hetero) is 1. The highest BCUT2D eigenvalue weighted by Gasteiger charge is 2.54. The Morgan fingerprint density at radius 2 is 2.13 bits per heavy atom. The highest BCUT2D eigenvalue weighted by atomic mass is 35.5. The molecule has 1 amide bonds. The van der Waals surface area contributed by atoms with E-state index >= 15 is 0 Å². The molecule has 4 atom stereocenters. The molecule has 1 saturated carbocycles. The van der Waals surface area contributed by atoms with Gasteiger partial charge < -0.3 is 4.74 Å². The fourth-order valence-electron chi connectivity index (χ4n) is 4.49. The molecule has 156 valence electrons. The molecule has 1 fully saturated rings. The molecule has 1 aromatic carbocycles. The number of hydrogen-bond acceptors (Lipinski definition) is 6. The largest absolute Gasteiger partial charge is 0.483 e. The normalized spacial score (nSPS) is 28.4. The number of anilines is 1. The van der Waals surface area contributed by atoms with Crippen molar-refractivity contribution in [2.75, 3.05) is 4.90 Å². The fourth-order valence-corrected chi connectivity index (χ4v) is 5.61. The van der Waals surface area contributed by atoms with Crippen LogP contribution in [0.3, 0.4) is 0 Å². The van der Waals surface area contributed by atoms with Crippen LogP contribution in [0.1, 0.15) is 42.8 Å². The number of aromatic nitrogens is 2. The molecule has 6 nitrogen and oxygen atoms in total. The minimum Gasteiger partial charge on any atom is -0.483 e. The summed E-state index contributed by atoms with van der Waals surface area (Å²) in [5.41, 5.74) is 0.765. The van der Waals surface area contributed by atoms with Gasteiger partial charge in [-0.2, -0.15) is 0 Å². The first-order valence-electron chi connectivity index (χ1n) is 9.98. The van der Waals surface area contributed by atoms with Gasteiger partial charge in [0.2, 0.25) is 5.13 Å². The molecule has 9 heteroatoms. The number of ketones is 1. The van der Waals surface area contributed by atoms with Gasteiger partial charge in [-0.15, -0.1) is 21.8 Å². The van der Waals surface area contributed by atoms with Gasteiger partial charge in [0.1, 0.15) is 16.9 Å². The van der Waals surface area contributed by atoms with E-state index in [1.807, 2.05) is 6.92 Å². The van der Waals surface area contributed by atoms with Crippen molar-refractivity contribution in [2.45, 2.75) is 50.1 Å². The SMILES string of the molecule is CCc1nnc(N2C(=O)C3=C(C(=O)C4CC(Cl)CCC4O3)C2c2cccc(F)c2)s1. The Morgan fingerprint density at radius 3 is 2.87 bits per heavy atom. The molecule has 0 saturated heterocycles. The van der Waals surface area contributed by atoms with E-state index in [1.165, 1.54) is 28.4 Å². The highest BCUT2D eigenvalue weighted by Crippen LogP contribution is 2.49. The Kier molecular flexibility index (Phi) is 4.86. The third-order valence-corrected chi connectivity index (χ3v) is 7.38. The van der Waals surface area contributed by atoms with Gasteiger partial charge in [0.05, 0.1) is 17.5 Å². The lowest BCUT2D eigenvalue weighted by molar-refractivity contribution is -0.131. The molecule has 0 N–H and O–H groups in total. The molecule has 1 aromatic heterocycles. The number of nitrogens with zero attached hydrogens (tertiary/aromatic N) is 3. The molecule has 4 unspecified atom stereocenters.